The molecule has 3 heterocycles. The fraction of sp³-hybridized carbons (Fsp3) is 0.125. The van der Waals surface area contributed by atoms with Crippen molar-refractivity contribution in [2.75, 3.05) is 12.0 Å². The Labute approximate surface area is 187 Å². The SMILES string of the molecule is COc1ccc(N2C=C3NC=CC=C3c3c2c(=O)n(-c2ccc(C(F)(F)F)cc2)n3C)cc1. The van der Waals surface area contributed by atoms with E-state index in [9.17, 15) is 18.0 Å². The molecule has 9 heteroatoms. The Morgan fingerprint density at radius 2 is 1.64 bits per heavy atom. The summed E-state index contributed by atoms with van der Waals surface area (Å²) >= 11 is 0. The van der Waals surface area contributed by atoms with Gasteiger partial charge in [0.25, 0.3) is 5.56 Å². The summed E-state index contributed by atoms with van der Waals surface area (Å²) in [5.74, 6) is 0.679. The molecule has 33 heavy (non-hydrogen) atoms. The quantitative estimate of drug-likeness (QED) is 0.626. The molecule has 0 amide bonds. The van der Waals surface area contributed by atoms with Gasteiger partial charge in [-0.1, -0.05) is 0 Å². The predicted molar refractivity (Wildman–Crippen MR) is 119 cm³/mol. The van der Waals surface area contributed by atoms with Crippen LogP contribution in [0.15, 0.2) is 83.6 Å². The zero-order valence-corrected chi connectivity index (χ0v) is 17.7. The summed E-state index contributed by atoms with van der Waals surface area (Å²) in [4.78, 5) is 15.4. The van der Waals surface area contributed by atoms with Gasteiger partial charge in [-0.2, -0.15) is 13.2 Å². The molecule has 0 unspecified atom stereocenters. The Morgan fingerprint density at radius 3 is 2.27 bits per heavy atom. The van der Waals surface area contributed by atoms with Crippen LogP contribution in [0.3, 0.4) is 0 Å². The van der Waals surface area contributed by atoms with Crippen LogP contribution in [-0.2, 0) is 13.2 Å². The van der Waals surface area contributed by atoms with Gasteiger partial charge in [-0.25, -0.2) is 4.68 Å². The molecule has 5 rings (SSSR count). The molecule has 2 aliphatic heterocycles. The van der Waals surface area contributed by atoms with Gasteiger partial charge in [0.2, 0.25) is 0 Å². The molecule has 1 aromatic heterocycles. The van der Waals surface area contributed by atoms with E-state index < -0.39 is 11.7 Å². The maximum Gasteiger partial charge on any atom is 0.416 e. The third kappa shape index (κ3) is 3.32. The summed E-state index contributed by atoms with van der Waals surface area (Å²) in [6.07, 6.45) is 2.89. The van der Waals surface area contributed by atoms with Crippen molar-refractivity contribution in [2.24, 2.45) is 7.05 Å². The molecule has 3 aromatic rings. The third-order valence-corrected chi connectivity index (χ3v) is 5.67. The smallest absolute Gasteiger partial charge is 0.416 e. The van der Waals surface area contributed by atoms with E-state index in [2.05, 4.69) is 5.32 Å². The van der Waals surface area contributed by atoms with Crippen molar-refractivity contribution >= 4 is 16.9 Å². The van der Waals surface area contributed by atoms with Crippen LogP contribution in [0.5, 0.6) is 5.75 Å². The van der Waals surface area contributed by atoms with Crippen LogP contribution >= 0.6 is 0 Å². The van der Waals surface area contributed by atoms with E-state index >= 15 is 0 Å². The van der Waals surface area contributed by atoms with Gasteiger partial charge in [0, 0.05) is 30.7 Å². The van der Waals surface area contributed by atoms with Gasteiger partial charge in [0.15, 0.2) is 0 Å². The second kappa shape index (κ2) is 7.47. The highest BCUT2D eigenvalue weighted by Gasteiger charge is 2.33. The summed E-state index contributed by atoms with van der Waals surface area (Å²) < 4.78 is 47.4. The molecule has 2 aromatic carbocycles. The van der Waals surface area contributed by atoms with Gasteiger partial charge < -0.3 is 15.0 Å². The summed E-state index contributed by atoms with van der Waals surface area (Å²) in [7, 11) is 3.29. The average molecular weight is 452 g/mol. The van der Waals surface area contributed by atoms with Crippen LogP contribution in [0.4, 0.5) is 24.5 Å². The Balaban J connectivity index is 1.71. The molecule has 0 spiro atoms. The van der Waals surface area contributed by atoms with Crippen LogP contribution in [-0.4, -0.2) is 16.5 Å². The minimum atomic E-state index is -4.45. The van der Waals surface area contributed by atoms with Crippen LogP contribution in [0, 0.1) is 0 Å². The van der Waals surface area contributed by atoms with E-state index in [-0.39, 0.29) is 5.56 Å². The van der Waals surface area contributed by atoms with Gasteiger partial charge in [-0.3, -0.25) is 9.48 Å². The molecular weight excluding hydrogens is 433 g/mol. The van der Waals surface area contributed by atoms with Crippen molar-refractivity contribution in [3.05, 3.63) is 100 Å². The van der Waals surface area contributed by atoms with Gasteiger partial charge in [0.1, 0.15) is 11.4 Å². The second-order valence-electron chi connectivity index (χ2n) is 7.58. The first-order chi connectivity index (χ1) is 15.8. The number of methoxy groups -OCH3 is 1. The lowest BCUT2D eigenvalue weighted by molar-refractivity contribution is -0.137. The number of anilines is 2. The van der Waals surface area contributed by atoms with Gasteiger partial charge in [-0.05, 0) is 60.7 Å². The number of alkyl halides is 3. The molecule has 2 aliphatic rings. The first-order valence-electron chi connectivity index (χ1n) is 10.1. The highest BCUT2D eigenvalue weighted by atomic mass is 19.4. The topological polar surface area (TPSA) is 51.4 Å². The van der Waals surface area contributed by atoms with E-state index in [0.717, 1.165) is 29.1 Å². The van der Waals surface area contributed by atoms with Crippen LogP contribution in [0.1, 0.15) is 11.3 Å². The molecule has 0 aliphatic carbocycles. The van der Waals surface area contributed by atoms with Crippen molar-refractivity contribution < 1.29 is 17.9 Å². The minimum absolute atomic E-state index is 0.334. The first kappa shape index (κ1) is 20.7. The molecule has 0 saturated carbocycles. The lowest BCUT2D eigenvalue weighted by Gasteiger charge is -2.29. The maximum atomic E-state index is 13.7. The number of ether oxygens (including phenoxy) is 1. The summed E-state index contributed by atoms with van der Waals surface area (Å²) in [6, 6.07) is 11.8. The Bertz CT molecular complexity index is 1380. The van der Waals surface area contributed by atoms with E-state index in [1.807, 2.05) is 30.5 Å². The average Bonchev–Trinajstić information content (AvgIpc) is 3.09. The Hall–Kier alpha value is -4.14. The van der Waals surface area contributed by atoms with Crippen molar-refractivity contribution in [1.29, 1.82) is 0 Å². The van der Waals surface area contributed by atoms with E-state index in [0.29, 0.717) is 22.8 Å². The fourth-order valence-electron chi connectivity index (χ4n) is 4.10. The number of hydrogen-bond donors (Lipinski definition) is 1. The lowest BCUT2D eigenvalue weighted by Crippen LogP contribution is -2.26. The fourth-order valence-corrected chi connectivity index (χ4v) is 4.10. The number of hydrogen-bond acceptors (Lipinski definition) is 4. The van der Waals surface area contributed by atoms with Crippen LogP contribution in [0.2, 0.25) is 0 Å². The van der Waals surface area contributed by atoms with Crippen molar-refractivity contribution in [3.8, 4) is 11.4 Å². The zero-order valence-electron chi connectivity index (χ0n) is 17.7. The molecule has 168 valence electrons. The number of halogens is 3. The van der Waals surface area contributed by atoms with Crippen LogP contribution in [0.25, 0.3) is 11.3 Å². The standard InChI is InChI=1S/C24H19F3N4O2/c1-29-21-19-4-3-13-28-20(19)14-30(16-9-11-18(33-2)12-10-16)22(21)23(32)31(29)17-7-5-15(6-8-17)24(25,26)27/h3-14,28H,1-2H3. The largest absolute Gasteiger partial charge is 0.497 e. The Morgan fingerprint density at radius 1 is 0.970 bits per heavy atom. The van der Waals surface area contributed by atoms with E-state index in [1.165, 1.54) is 16.8 Å². The predicted octanol–water partition coefficient (Wildman–Crippen LogP) is 4.70. The molecule has 0 saturated heterocycles. The van der Waals surface area contributed by atoms with E-state index in [1.54, 1.807) is 42.1 Å². The number of nitrogens with one attached hydrogen (secondary N) is 1. The number of allylic oxidation sites excluding steroid dienone is 3. The lowest BCUT2D eigenvalue weighted by atomic mass is 10.0. The molecule has 0 bridgehead atoms. The van der Waals surface area contributed by atoms with Crippen molar-refractivity contribution in [1.82, 2.24) is 14.7 Å². The number of rotatable bonds is 3. The normalized spacial score (nSPS) is 14.8. The molecule has 0 atom stereocenters. The van der Waals surface area contributed by atoms with Crippen molar-refractivity contribution in [2.45, 2.75) is 6.18 Å². The monoisotopic (exact) mass is 452 g/mol. The molecule has 1 N–H and O–H groups in total. The summed E-state index contributed by atoms with van der Waals surface area (Å²) in [5, 5.41) is 3.20. The van der Waals surface area contributed by atoms with Gasteiger partial charge in [-0.15, -0.1) is 0 Å². The van der Waals surface area contributed by atoms with E-state index in [4.69, 9.17) is 4.74 Å². The zero-order chi connectivity index (χ0) is 23.3. The number of dihydropyridines is 1. The molecule has 6 nitrogen and oxygen atoms in total. The summed E-state index contributed by atoms with van der Waals surface area (Å²) in [5.41, 5.74) is 2.59. The number of nitrogens with zero attached hydrogens (tertiary/aromatic N) is 3. The Kier molecular flexibility index (Phi) is 4.70. The van der Waals surface area contributed by atoms with Gasteiger partial charge >= 0.3 is 6.18 Å². The number of benzene rings is 2. The molecule has 0 fully saturated rings. The maximum absolute atomic E-state index is 13.7. The number of fused-ring (bicyclic) bond motifs is 3. The first-order valence-corrected chi connectivity index (χ1v) is 10.1. The third-order valence-electron chi connectivity index (χ3n) is 5.67. The summed E-state index contributed by atoms with van der Waals surface area (Å²) in [6.45, 7) is 0. The number of aromatic nitrogens is 2. The van der Waals surface area contributed by atoms with Crippen molar-refractivity contribution in [3.63, 3.8) is 0 Å². The van der Waals surface area contributed by atoms with Gasteiger partial charge in [0.05, 0.1) is 29.8 Å². The molecule has 0 radical (unpaired) electrons. The second-order valence-corrected chi connectivity index (χ2v) is 7.58. The van der Waals surface area contributed by atoms with Crippen LogP contribution < -0.4 is 20.5 Å². The molecular formula is C24H19F3N4O2. The minimum Gasteiger partial charge on any atom is -0.497 e. The highest BCUT2D eigenvalue weighted by Crippen LogP contribution is 2.40. The highest BCUT2D eigenvalue weighted by molar-refractivity contribution is 5.92.